The molecule has 2 nitrogen and oxygen atoms in total. The zero-order valence-electron chi connectivity index (χ0n) is 15.0. The molecule has 2 aromatic carbocycles. The number of rotatable bonds is 9. The van der Waals surface area contributed by atoms with Crippen molar-refractivity contribution in [2.75, 3.05) is 0 Å². The van der Waals surface area contributed by atoms with E-state index in [-0.39, 0.29) is 5.91 Å². The Labute approximate surface area is 146 Å². The highest BCUT2D eigenvalue weighted by Crippen LogP contribution is 2.19. The van der Waals surface area contributed by atoms with Gasteiger partial charge in [0, 0.05) is 5.56 Å². The maximum Gasteiger partial charge on any atom is 0.248 e. The number of carbonyl (C=O) groups is 1. The molecule has 0 heterocycles. The molecule has 24 heavy (non-hydrogen) atoms. The first-order chi connectivity index (χ1) is 11.6. The van der Waals surface area contributed by atoms with Gasteiger partial charge in [-0.25, -0.2) is 0 Å². The van der Waals surface area contributed by atoms with Crippen LogP contribution in [0.25, 0.3) is 0 Å². The summed E-state index contributed by atoms with van der Waals surface area (Å²) in [6.45, 7) is 4.41. The highest BCUT2D eigenvalue weighted by atomic mass is 16.1. The van der Waals surface area contributed by atoms with E-state index in [1.807, 2.05) is 12.1 Å². The Balaban J connectivity index is 2.18. The van der Waals surface area contributed by atoms with Crippen LogP contribution in [0.4, 0.5) is 0 Å². The number of nitrogens with two attached hydrogens (primary N) is 1. The maximum atomic E-state index is 11.7. The number of hydrogen-bond donors (Lipinski definition) is 1. The number of carbonyl (C=O) groups excluding carboxylic acids is 1. The van der Waals surface area contributed by atoms with Crippen molar-refractivity contribution in [2.45, 2.75) is 58.8 Å². The first kappa shape index (κ1) is 18.3. The molecule has 2 heteroatoms. The van der Waals surface area contributed by atoms with Crippen LogP contribution in [-0.4, -0.2) is 5.91 Å². The second-order valence-electron chi connectivity index (χ2n) is 6.56. The third-order valence-electron chi connectivity index (χ3n) is 4.49. The molecule has 1 amide bonds. The normalized spacial score (nSPS) is 10.8. The van der Waals surface area contributed by atoms with Crippen molar-refractivity contribution in [3.63, 3.8) is 0 Å². The SMILES string of the molecule is CCCCc1ccc(Cc2cc(CCCC)ccc2C(N)=O)cc1. The van der Waals surface area contributed by atoms with Gasteiger partial charge in [0.15, 0.2) is 0 Å². The van der Waals surface area contributed by atoms with Gasteiger partial charge in [-0.2, -0.15) is 0 Å². The molecule has 2 N–H and O–H groups in total. The van der Waals surface area contributed by atoms with Crippen molar-refractivity contribution in [2.24, 2.45) is 5.73 Å². The Bertz CT molecular complexity index is 658. The van der Waals surface area contributed by atoms with Crippen LogP contribution in [0, 0.1) is 0 Å². The molecule has 2 rings (SSSR count). The van der Waals surface area contributed by atoms with Gasteiger partial charge in [-0.05, 0) is 60.4 Å². The van der Waals surface area contributed by atoms with Gasteiger partial charge in [0.2, 0.25) is 5.91 Å². The Hall–Kier alpha value is -2.09. The molecule has 0 bridgehead atoms. The van der Waals surface area contributed by atoms with Crippen LogP contribution in [0.2, 0.25) is 0 Å². The fraction of sp³-hybridized carbons (Fsp3) is 0.409. The summed E-state index contributed by atoms with van der Waals surface area (Å²) in [6, 6.07) is 14.8. The van der Waals surface area contributed by atoms with Crippen molar-refractivity contribution in [1.29, 1.82) is 0 Å². The van der Waals surface area contributed by atoms with E-state index >= 15 is 0 Å². The zero-order chi connectivity index (χ0) is 17.4. The monoisotopic (exact) mass is 323 g/mol. The third kappa shape index (κ3) is 5.23. The summed E-state index contributed by atoms with van der Waals surface area (Å²) in [5.41, 5.74) is 11.1. The number of unbranched alkanes of at least 4 members (excludes halogenated alkanes) is 2. The highest BCUT2D eigenvalue weighted by molar-refractivity contribution is 5.94. The van der Waals surface area contributed by atoms with Gasteiger partial charge in [-0.15, -0.1) is 0 Å². The molecule has 2 aromatic rings. The lowest BCUT2D eigenvalue weighted by Crippen LogP contribution is -2.14. The Morgan fingerprint density at radius 3 is 1.96 bits per heavy atom. The number of benzene rings is 2. The van der Waals surface area contributed by atoms with E-state index in [2.05, 4.69) is 44.2 Å². The fourth-order valence-electron chi connectivity index (χ4n) is 2.99. The van der Waals surface area contributed by atoms with E-state index in [9.17, 15) is 4.79 Å². The van der Waals surface area contributed by atoms with Gasteiger partial charge in [-0.3, -0.25) is 4.79 Å². The average Bonchev–Trinajstić information content (AvgIpc) is 2.59. The van der Waals surface area contributed by atoms with Crippen molar-refractivity contribution in [1.82, 2.24) is 0 Å². The average molecular weight is 323 g/mol. The number of hydrogen-bond acceptors (Lipinski definition) is 1. The molecule has 0 unspecified atom stereocenters. The smallest absolute Gasteiger partial charge is 0.248 e. The molecule has 128 valence electrons. The highest BCUT2D eigenvalue weighted by Gasteiger charge is 2.10. The maximum absolute atomic E-state index is 11.7. The minimum atomic E-state index is -0.341. The standard InChI is InChI=1S/C22H29NO/c1-3-5-7-17-9-11-19(12-10-17)16-20-15-18(8-6-4-2)13-14-21(20)22(23)24/h9-15H,3-8,16H2,1-2H3,(H2,23,24). The number of amides is 1. The first-order valence-electron chi connectivity index (χ1n) is 9.13. The molecule has 0 atom stereocenters. The summed E-state index contributed by atoms with van der Waals surface area (Å²) in [5, 5.41) is 0. The Kier molecular flexibility index (Phi) is 7.05. The van der Waals surface area contributed by atoms with Crippen LogP contribution in [0.15, 0.2) is 42.5 Å². The van der Waals surface area contributed by atoms with Gasteiger partial charge >= 0.3 is 0 Å². The predicted molar refractivity (Wildman–Crippen MR) is 101 cm³/mol. The quantitative estimate of drug-likeness (QED) is 0.688. The van der Waals surface area contributed by atoms with E-state index in [0.717, 1.165) is 24.8 Å². The first-order valence-corrected chi connectivity index (χ1v) is 9.13. The lowest BCUT2D eigenvalue weighted by atomic mass is 9.94. The van der Waals surface area contributed by atoms with Crippen molar-refractivity contribution >= 4 is 5.91 Å². The Morgan fingerprint density at radius 2 is 1.38 bits per heavy atom. The van der Waals surface area contributed by atoms with Crippen LogP contribution in [-0.2, 0) is 19.3 Å². The molecular weight excluding hydrogens is 294 g/mol. The molecule has 0 aliphatic carbocycles. The summed E-state index contributed by atoms with van der Waals surface area (Å²) < 4.78 is 0. The summed E-state index contributed by atoms with van der Waals surface area (Å²) in [4.78, 5) is 11.7. The zero-order valence-corrected chi connectivity index (χ0v) is 15.0. The van der Waals surface area contributed by atoms with Crippen molar-refractivity contribution in [3.8, 4) is 0 Å². The predicted octanol–water partition coefficient (Wildman–Crippen LogP) is 5.06. The lowest BCUT2D eigenvalue weighted by Gasteiger charge is -2.11. The summed E-state index contributed by atoms with van der Waals surface area (Å²) >= 11 is 0. The fourth-order valence-corrected chi connectivity index (χ4v) is 2.99. The van der Waals surface area contributed by atoms with E-state index in [0.29, 0.717) is 5.56 Å². The van der Waals surface area contributed by atoms with Gasteiger partial charge in [-0.1, -0.05) is 63.1 Å². The summed E-state index contributed by atoms with van der Waals surface area (Å²) in [6.07, 6.45) is 7.73. The van der Waals surface area contributed by atoms with Gasteiger partial charge < -0.3 is 5.73 Å². The summed E-state index contributed by atoms with van der Waals surface area (Å²) in [7, 11) is 0. The second kappa shape index (κ2) is 9.27. The van der Waals surface area contributed by atoms with Crippen LogP contribution in [0.5, 0.6) is 0 Å². The van der Waals surface area contributed by atoms with Crippen LogP contribution >= 0.6 is 0 Å². The van der Waals surface area contributed by atoms with Gasteiger partial charge in [0.1, 0.15) is 0 Å². The molecule has 0 radical (unpaired) electrons. The van der Waals surface area contributed by atoms with Crippen LogP contribution in [0.3, 0.4) is 0 Å². The topological polar surface area (TPSA) is 43.1 Å². The van der Waals surface area contributed by atoms with Gasteiger partial charge in [0.25, 0.3) is 0 Å². The molecule has 0 fully saturated rings. The Morgan fingerprint density at radius 1 is 0.833 bits per heavy atom. The molecular formula is C22H29NO. The summed E-state index contributed by atoms with van der Waals surface area (Å²) in [5.74, 6) is -0.341. The molecule has 0 spiro atoms. The molecule has 0 aliphatic heterocycles. The molecule has 0 saturated carbocycles. The molecule has 0 saturated heterocycles. The lowest BCUT2D eigenvalue weighted by molar-refractivity contribution is 0.0999. The van der Waals surface area contributed by atoms with Crippen LogP contribution < -0.4 is 5.73 Å². The van der Waals surface area contributed by atoms with Gasteiger partial charge in [0.05, 0.1) is 0 Å². The van der Waals surface area contributed by atoms with Crippen molar-refractivity contribution in [3.05, 3.63) is 70.3 Å². The molecule has 0 aliphatic rings. The van der Waals surface area contributed by atoms with E-state index in [1.165, 1.54) is 42.4 Å². The second-order valence-corrected chi connectivity index (χ2v) is 6.56. The van der Waals surface area contributed by atoms with Crippen LogP contribution in [0.1, 0.15) is 72.1 Å². The third-order valence-corrected chi connectivity index (χ3v) is 4.49. The minimum Gasteiger partial charge on any atom is -0.366 e. The van der Waals surface area contributed by atoms with E-state index < -0.39 is 0 Å². The van der Waals surface area contributed by atoms with Crippen molar-refractivity contribution < 1.29 is 4.79 Å². The molecule has 0 aromatic heterocycles. The van der Waals surface area contributed by atoms with E-state index in [4.69, 9.17) is 5.73 Å². The number of primary amides is 1. The number of aryl methyl sites for hydroxylation is 2. The minimum absolute atomic E-state index is 0.341. The van der Waals surface area contributed by atoms with E-state index in [1.54, 1.807) is 0 Å². The largest absolute Gasteiger partial charge is 0.366 e.